The summed E-state index contributed by atoms with van der Waals surface area (Å²) < 4.78 is 0. The smallest absolute Gasteiger partial charge is 0.345 e. The fourth-order valence-corrected chi connectivity index (χ4v) is 2.95. The zero-order valence-electron chi connectivity index (χ0n) is 12.2. The summed E-state index contributed by atoms with van der Waals surface area (Å²) in [5.41, 5.74) is 4.44. The maximum absolute atomic E-state index is 12.2. The Morgan fingerprint density at radius 3 is 2.65 bits per heavy atom. The summed E-state index contributed by atoms with van der Waals surface area (Å²) in [4.78, 5) is 27.1. The molecular weight excluding hydrogens is 314 g/mol. The van der Waals surface area contributed by atoms with Crippen molar-refractivity contribution in [3.8, 4) is 0 Å². The molecule has 116 valence electrons. The highest BCUT2D eigenvalue weighted by Crippen LogP contribution is 2.18. The molecule has 2 heterocycles. The number of aromatic carboxylic acids is 1. The molecule has 7 heteroatoms. The van der Waals surface area contributed by atoms with Gasteiger partial charge in [-0.05, 0) is 25.1 Å². The Morgan fingerprint density at radius 1 is 1.17 bits per heavy atom. The van der Waals surface area contributed by atoms with Gasteiger partial charge in [0, 0.05) is 17.1 Å². The third-order valence-electron chi connectivity index (χ3n) is 3.33. The van der Waals surface area contributed by atoms with E-state index in [-0.39, 0.29) is 10.8 Å². The Labute approximate surface area is 135 Å². The van der Waals surface area contributed by atoms with E-state index in [9.17, 15) is 9.59 Å². The highest BCUT2D eigenvalue weighted by Gasteiger charge is 2.12. The van der Waals surface area contributed by atoms with E-state index in [0.29, 0.717) is 16.2 Å². The van der Waals surface area contributed by atoms with Crippen LogP contribution in [0.5, 0.6) is 0 Å². The van der Waals surface area contributed by atoms with E-state index in [2.05, 4.69) is 15.5 Å². The number of H-pyrrole nitrogens is 1. The summed E-state index contributed by atoms with van der Waals surface area (Å²) in [7, 11) is 0. The Kier molecular flexibility index (Phi) is 3.94. The second-order valence-electron chi connectivity index (χ2n) is 4.86. The number of aromatic nitrogens is 1. The van der Waals surface area contributed by atoms with Crippen LogP contribution in [0.1, 0.15) is 31.8 Å². The van der Waals surface area contributed by atoms with Gasteiger partial charge in [-0.3, -0.25) is 4.79 Å². The molecule has 0 bridgehead atoms. The van der Waals surface area contributed by atoms with Crippen LogP contribution in [-0.2, 0) is 0 Å². The Morgan fingerprint density at radius 2 is 1.91 bits per heavy atom. The van der Waals surface area contributed by atoms with Crippen LogP contribution < -0.4 is 5.43 Å². The van der Waals surface area contributed by atoms with Crippen LogP contribution in [0.4, 0.5) is 0 Å². The molecule has 0 radical (unpaired) electrons. The summed E-state index contributed by atoms with van der Waals surface area (Å²) in [5.74, 6) is -1.30. The third kappa shape index (κ3) is 3.00. The molecule has 0 saturated carbocycles. The number of carbonyl (C=O) groups is 2. The molecule has 0 aliphatic heterocycles. The molecule has 0 aliphatic carbocycles. The van der Waals surface area contributed by atoms with Crippen molar-refractivity contribution >= 4 is 39.8 Å². The van der Waals surface area contributed by atoms with E-state index in [1.165, 1.54) is 6.07 Å². The monoisotopic (exact) mass is 327 g/mol. The average Bonchev–Trinajstić information content (AvgIpc) is 3.19. The number of fused-ring (bicyclic) bond motifs is 1. The number of carbonyl (C=O) groups excluding carboxylic acids is 1. The van der Waals surface area contributed by atoms with Crippen molar-refractivity contribution in [2.24, 2.45) is 5.10 Å². The van der Waals surface area contributed by atoms with Gasteiger partial charge in [0.25, 0.3) is 5.91 Å². The first-order chi connectivity index (χ1) is 11.1. The number of nitrogens with zero attached hydrogens (tertiary/aromatic N) is 1. The maximum atomic E-state index is 12.2. The van der Waals surface area contributed by atoms with Gasteiger partial charge < -0.3 is 10.1 Å². The molecule has 0 atom stereocenters. The van der Waals surface area contributed by atoms with E-state index < -0.39 is 5.97 Å². The van der Waals surface area contributed by atoms with Crippen molar-refractivity contribution in [2.45, 2.75) is 6.92 Å². The first kappa shape index (κ1) is 15.0. The van der Waals surface area contributed by atoms with Crippen LogP contribution in [0, 0.1) is 0 Å². The Balaban J connectivity index is 1.78. The van der Waals surface area contributed by atoms with Crippen LogP contribution in [0.2, 0.25) is 0 Å². The third-order valence-corrected chi connectivity index (χ3v) is 4.51. The molecule has 3 rings (SSSR count). The molecule has 0 saturated heterocycles. The highest BCUT2D eigenvalue weighted by molar-refractivity contribution is 7.15. The standard InChI is InChI=1S/C16H13N3O3S/c1-9(13-6-7-14(23-13)16(21)22)18-19-15(20)11-8-17-12-5-3-2-4-10(11)12/h2-8,17H,1H3,(H,19,20)(H,21,22)/b18-9-. The molecule has 0 spiro atoms. The van der Waals surface area contributed by atoms with E-state index in [0.717, 1.165) is 22.2 Å². The van der Waals surface area contributed by atoms with Gasteiger partial charge in [0.15, 0.2) is 0 Å². The number of hydrogen-bond donors (Lipinski definition) is 3. The Bertz CT molecular complexity index is 923. The maximum Gasteiger partial charge on any atom is 0.345 e. The van der Waals surface area contributed by atoms with Crippen LogP contribution in [0.3, 0.4) is 0 Å². The number of amides is 1. The molecule has 1 amide bonds. The SMILES string of the molecule is C/C(=N/NC(=O)c1c[nH]c2ccccc12)c1ccc(C(=O)O)s1. The quantitative estimate of drug-likeness (QED) is 0.507. The summed E-state index contributed by atoms with van der Waals surface area (Å²) >= 11 is 1.11. The topological polar surface area (TPSA) is 94.5 Å². The minimum Gasteiger partial charge on any atom is -0.477 e. The molecule has 0 unspecified atom stereocenters. The van der Waals surface area contributed by atoms with Crippen molar-refractivity contribution in [3.05, 3.63) is 57.9 Å². The number of benzene rings is 1. The van der Waals surface area contributed by atoms with Crippen LogP contribution in [0.15, 0.2) is 47.7 Å². The minimum atomic E-state index is -0.975. The van der Waals surface area contributed by atoms with Crippen LogP contribution in [-0.4, -0.2) is 27.7 Å². The first-order valence-electron chi connectivity index (χ1n) is 6.80. The molecule has 0 fully saturated rings. The number of carboxylic acids is 1. The number of aromatic amines is 1. The second kappa shape index (κ2) is 6.05. The fourth-order valence-electron chi connectivity index (χ4n) is 2.16. The van der Waals surface area contributed by atoms with Gasteiger partial charge in [-0.2, -0.15) is 5.10 Å². The van der Waals surface area contributed by atoms with Gasteiger partial charge in [0.1, 0.15) is 4.88 Å². The van der Waals surface area contributed by atoms with Gasteiger partial charge in [0.2, 0.25) is 0 Å². The normalized spacial score (nSPS) is 11.6. The van der Waals surface area contributed by atoms with Crippen molar-refractivity contribution in [1.29, 1.82) is 0 Å². The minimum absolute atomic E-state index is 0.234. The van der Waals surface area contributed by atoms with Crippen molar-refractivity contribution in [1.82, 2.24) is 10.4 Å². The number of hydrogen-bond acceptors (Lipinski definition) is 4. The molecular formula is C16H13N3O3S. The van der Waals surface area contributed by atoms with Gasteiger partial charge in [-0.25, -0.2) is 10.2 Å². The molecule has 3 aromatic rings. The fraction of sp³-hybridized carbons (Fsp3) is 0.0625. The van der Waals surface area contributed by atoms with Crippen LogP contribution in [0.25, 0.3) is 10.9 Å². The zero-order chi connectivity index (χ0) is 16.4. The van der Waals surface area contributed by atoms with Gasteiger partial charge in [-0.1, -0.05) is 18.2 Å². The van der Waals surface area contributed by atoms with Crippen molar-refractivity contribution in [3.63, 3.8) is 0 Å². The number of nitrogens with one attached hydrogen (secondary N) is 2. The lowest BCUT2D eigenvalue weighted by Gasteiger charge is -2.00. The lowest BCUT2D eigenvalue weighted by molar-refractivity contribution is 0.0702. The molecule has 6 nitrogen and oxygen atoms in total. The number of rotatable bonds is 4. The van der Waals surface area contributed by atoms with E-state index in [1.54, 1.807) is 19.2 Å². The lowest BCUT2D eigenvalue weighted by atomic mass is 10.2. The van der Waals surface area contributed by atoms with Crippen molar-refractivity contribution in [2.75, 3.05) is 0 Å². The summed E-state index contributed by atoms with van der Waals surface area (Å²) in [6, 6.07) is 10.7. The van der Waals surface area contributed by atoms with E-state index in [4.69, 9.17) is 5.11 Å². The summed E-state index contributed by atoms with van der Waals surface area (Å²) in [6.45, 7) is 1.72. The lowest BCUT2D eigenvalue weighted by Crippen LogP contribution is -2.18. The average molecular weight is 327 g/mol. The van der Waals surface area contributed by atoms with Gasteiger partial charge >= 0.3 is 5.97 Å². The second-order valence-corrected chi connectivity index (χ2v) is 5.94. The van der Waals surface area contributed by atoms with Crippen molar-refractivity contribution < 1.29 is 14.7 Å². The molecule has 0 aliphatic rings. The number of carboxylic acid groups (broad SMARTS) is 1. The number of para-hydroxylation sites is 1. The first-order valence-corrected chi connectivity index (χ1v) is 7.62. The number of thiophene rings is 1. The molecule has 23 heavy (non-hydrogen) atoms. The predicted octanol–water partition coefficient (Wildman–Crippen LogP) is 3.08. The molecule has 1 aromatic carbocycles. The zero-order valence-corrected chi connectivity index (χ0v) is 13.0. The largest absolute Gasteiger partial charge is 0.477 e. The Hall–Kier alpha value is -2.93. The van der Waals surface area contributed by atoms with Gasteiger partial charge in [0.05, 0.1) is 16.2 Å². The summed E-state index contributed by atoms with van der Waals surface area (Å²) in [5, 5.41) is 13.8. The predicted molar refractivity (Wildman–Crippen MR) is 89.3 cm³/mol. The van der Waals surface area contributed by atoms with E-state index >= 15 is 0 Å². The van der Waals surface area contributed by atoms with Crippen LogP contribution >= 0.6 is 11.3 Å². The number of hydrazone groups is 1. The molecule has 2 aromatic heterocycles. The molecule has 3 N–H and O–H groups in total. The highest BCUT2D eigenvalue weighted by atomic mass is 32.1. The van der Waals surface area contributed by atoms with E-state index in [1.807, 2.05) is 24.3 Å². The van der Waals surface area contributed by atoms with Gasteiger partial charge in [-0.15, -0.1) is 11.3 Å². The summed E-state index contributed by atoms with van der Waals surface area (Å²) in [6.07, 6.45) is 1.64.